The zero-order valence-electron chi connectivity index (χ0n) is 22.6. The molecule has 1 aliphatic heterocycles. The molecule has 8 nitrogen and oxygen atoms in total. The number of carbonyl (C=O) groups is 2. The van der Waals surface area contributed by atoms with Gasteiger partial charge in [-0.05, 0) is 56.2 Å². The molecule has 8 heteroatoms. The summed E-state index contributed by atoms with van der Waals surface area (Å²) in [6, 6.07) is 17.3. The molecule has 0 unspecified atom stereocenters. The third kappa shape index (κ3) is 5.34. The van der Waals surface area contributed by atoms with Gasteiger partial charge in [-0.2, -0.15) is 5.10 Å². The quantitative estimate of drug-likeness (QED) is 0.415. The van der Waals surface area contributed by atoms with E-state index in [-0.39, 0.29) is 0 Å². The number of aromatic nitrogens is 2. The van der Waals surface area contributed by atoms with Gasteiger partial charge in [0.15, 0.2) is 0 Å². The Morgan fingerprint density at radius 2 is 1.50 bits per heavy atom. The molecule has 2 heterocycles. The van der Waals surface area contributed by atoms with E-state index in [4.69, 9.17) is 19.3 Å². The monoisotopic (exact) mass is 515 g/mol. The van der Waals surface area contributed by atoms with E-state index >= 15 is 0 Å². The number of para-hydroxylation sites is 1. The number of ether oxygens (including phenoxy) is 3. The summed E-state index contributed by atoms with van der Waals surface area (Å²) in [6.07, 6.45) is 1.86. The lowest BCUT2D eigenvalue weighted by Crippen LogP contribution is -2.32. The van der Waals surface area contributed by atoms with Gasteiger partial charge in [-0.1, -0.05) is 32.0 Å². The summed E-state index contributed by atoms with van der Waals surface area (Å²) in [6.45, 7) is 8.39. The summed E-state index contributed by atoms with van der Waals surface area (Å²) < 4.78 is 17.9. The highest BCUT2D eigenvalue weighted by atomic mass is 16.5. The fourth-order valence-corrected chi connectivity index (χ4v) is 4.57. The first-order chi connectivity index (χ1) is 18.2. The lowest BCUT2D eigenvalue weighted by molar-refractivity contribution is -0.137. The van der Waals surface area contributed by atoms with E-state index in [9.17, 15) is 9.59 Å². The maximum Gasteiger partial charge on any atom is 0.336 e. The highest BCUT2D eigenvalue weighted by Crippen LogP contribution is 2.43. The van der Waals surface area contributed by atoms with Gasteiger partial charge in [-0.15, -0.1) is 0 Å². The third-order valence-electron chi connectivity index (χ3n) is 6.36. The van der Waals surface area contributed by atoms with E-state index in [2.05, 4.69) is 19.2 Å². The molecule has 0 atom stereocenters. The Labute approximate surface area is 222 Å². The van der Waals surface area contributed by atoms with Crippen LogP contribution in [0.5, 0.6) is 5.75 Å². The third-order valence-corrected chi connectivity index (χ3v) is 6.36. The van der Waals surface area contributed by atoms with E-state index in [1.54, 1.807) is 18.5 Å². The Morgan fingerprint density at radius 1 is 0.921 bits per heavy atom. The molecule has 198 valence electrons. The Kier molecular flexibility index (Phi) is 8.00. The Balaban J connectivity index is 1.93. The lowest BCUT2D eigenvalue weighted by atomic mass is 9.79. The second kappa shape index (κ2) is 11.4. The van der Waals surface area contributed by atoms with Gasteiger partial charge in [0, 0.05) is 28.7 Å². The van der Waals surface area contributed by atoms with Crippen LogP contribution in [-0.2, 0) is 19.1 Å². The molecule has 38 heavy (non-hydrogen) atoms. The van der Waals surface area contributed by atoms with Crippen LogP contribution in [-0.4, -0.2) is 42.5 Å². The van der Waals surface area contributed by atoms with Crippen LogP contribution < -0.4 is 10.1 Å². The van der Waals surface area contributed by atoms with Gasteiger partial charge in [0.1, 0.15) is 5.75 Å². The fraction of sp³-hybridized carbons (Fsp3) is 0.300. The van der Waals surface area contributed by atoms with Crippen LogP contribution in [0.3, 0.4) is 0 Å². The first kappa shape index (κ1) is 26.7. The molecule has 0 amide bonds. The maximum atomic E-state index is 13.1. The summed E-state index contributed by atoms with van der Waals surface area (Å²) in [5.74, 6) is -0.679. The summed E-state index contributed by atoms with van der Waals surface area (Å²) >= 11 is 0. The number of benzene rings is 2. The average Bonchev–Trinajstić information content (AvgIpc) is 3.36. The molecular formula is C30H33N3O5. The average molecular weight is 516 g/mol. The standard InChI is InChI=1S/C30H33N3O5/c1-18(2)17-38-23-14-12-21(13-15-23)28-24(16-33(32-28)22-10-8-7-9-11-22)27-25(29(34)36-5)19(3)31-20(4)26(27)30(35)37-6/h7-16,18,27,31H,17H2,1-6H3. The van der Waals surface area contributed by atoms with Gasteiger partial charge in [0.2, 0.25) is 0 Å². The SMILES string of the molecule is COC(=O)C1=C(C)NC(C)=C(C(=O)OC)C1c1cn(-c2ccccc2)nc1-c1ccc(OCC(C)C)cc1. The Bertz CT molecular complexity index is 1350. The highest BCUT2D eigenvalue weighted by Gasteiger charge is 2.40. The first-order valence-corrected chi connectivity index (χ1v) is 12.5. The predicted octanol–water partition coefficient (Wildman–Crippen LogP) is 5.15. The van der Waals surface area contributed by atoms with E-state index < -0.39 is 17.9 Å². The van der Waals surface area contributed by atoms with Crippen molar-refractivity contribution >= 4 is 11.9 Å². The van der Waals surface area contributed by atoms with E-state index in [1.165, 1.54) is 14.2 Å². The van der Waals surface area contributed by atoms with Crippen LogP contribution >= 0.6 is 0 Å². The molecule has 0 radical (unpaired) electrons. The van der Waals surface area contributed by atoms with Crippen molar-refractivity contribution in [1.82, 2.24) is 15.1 Å². The van der Waals surface area contributed by atoms with Crippen LogP contribution in [0, 0.1) is 5.92 Å². The molecule has 0 fully saturated rings. The molecule has 1 aromatic heterocycles. The van der Waals surface area contributed by atoms with Gasteiger partial charge < -0.3 is 19.5 Å². The molecule has 0 aliphatic carbocycles. The van der Waals surface area contributed by atoms with Crippen LogP contribution in [0.15, 0.2) is 83.3 Å². The van der Waals surface area contributed by atoms with Crippen molar-refractivity contribution < 1.29 is 23.8 Å². The maximum absolute atomic E-state index is 13.1. The van der Waals surface area contributed by atoms with Gasteiger partial charge >= 0.3 is 11.9 Å². The van der Waals surface area contributed by atoms with Crippen molar-refractivity contribution in [2.45, 2.75) is 33.6 Å². The van der Waals surface area contributed by atoms with Crippen LogP contribution in [0.2, 0.25) is 0 Å². The number of methoxy groups -OCH3 is 2. The van der Waals surface area contributed by atoms with Gasteiger partial charge in [0.25, 0.3) is 0 Å². The number of esters is 2. The minimum Gasteiger partial charge on any atom is -0.493 e. The zero-order chi connectivity index (χ0) is 27.4. The number of nitrogens with one attached hydrogen (secondary N) is 1. The Morgan fingerprint density at radius 3 is 2.03 bits per heavy atom. The number of rotatable bonds is 8. The lowest BCUT2D eigenvalue weighted by Gasteiger charge is -2.29. The molecule has 0 saturated carbocycles. The number of allylic oxidation sites excluding steroid dienone is 2. The second-order valence-corrected chi connectivity index (χ2v) is 9.56. The molecule has 1 aliphatic rings. The van der Waals surface area contributed by atoms with Crippen molar-refractivity contribution in [3.05, 3.63) is 88.9 Å². The van der Waals surface area contributed by atoms with E-state index in [0.717, 1.165) is 17.0 Å². The van der Waals surface area contributed by atoms with Crippen LogP contribution in [0.4, 0.5) is 0 Å². The topological polar surface area (TPSA) is 91.7 Å². The summed E-state index contributed by atoms with van der Waals surface area (Å²) in [5.41, 5.74) is 4.80. The molecule has 3 aromatic rings. The molecule has 2 aromatic carbocycles. The van der Waals surface area contributed by atoms with Gasteiger partial charge in [-0.25, -0.2) is 14.3 Å². The van der Waals surface area contributed by atoms with E-state index in [0.29, 0.717) is 46.3 Å². The largest absolute Gasteiger partial charge is 0.493 e. The van der Waals surface area contributed by atoms with Crippen molar-refractivity contribution in [3.8, 4) is 22.7 Å². The predicted molar refractivity (Wildman–Crippen MR) is 145 cm³/mol. The van der Waals surface area contributed by atoms with Crippen molar-refractivity contribution in [1.29, 1.82) is 0 Å². The number of nitrogens with zero attached hydrogens (tertiary/aromatic N) is 2. The summed E-state index contributed by atoms with van der Waals surface area (Å²) in [7, 11) is 2.65. The summed E-state index contributed by atoms with van der Waals surface area (Å²) in [5, 5.41) is 8.08. The molecule has 0 saturated heterocycles. The molecule has 4 rings (SSSR count). The zero-order valence-corrected chi connectivity index (χ0v) is 22.6. The summed E-state index contributed by atoms with van der Waals surface area (Å²) in [4.78, 5) is 26.2. The van der Waals surface area contributed by atoms with Gasteiger partial charge in [0.05, 0.1) is 49.3 Å². The first-order valence-electron chi connectivity index (χ1n) is 12.5. The smallest absolute Gasteiger partial charge is 0.336 e. The van der Waals surface area contributed by atoms with Gasteiger partial charge in [-0.3, -0.25) is 0 Å². The van der Waals surface area contributed by atoms with E-state index in [1.807, 2.05) is 60.8 Å². The minimum atomic E-state index is -0.763. The molecule has 1 N–H and O–H groups in total. The van der Waals surface area contributed by atoms with Crippen molar-refractivity contribution in [2.75, 3.05) is 20.8 Å². The van der Waals surface area contributed by atoms with Crippen molar-refractivity contribution in [2.24, 2.45) is 5.92 Å². The second-order valence-electron chi connectivity index (χ2n) is 9.56. The molecule has 0 spiro atoms. The fourth-order valence-electron chi connectivity index (χ4n) is 4.57. The van der Waals surface area contributed by atoms with Crippen LogP contribution in [0.1, 0.15) is 39.2 Å². The molecule has 0 bridgehead atoms. The number of hydrogen-bond acceptors (Lipinski definition) is 7. The normalized spacial score (nSPS) is 14.0. The highest BCUT2D eigenvalue weighted by molar-refractivity contribution is 6.00. The molecular weight excluding hydrogens is 482 g/mol. The number of dihydropyridines is 1. The van der Waals surface area contributed by atoms with Crippen LogP contribution in [0.25, 0.3) is 16.9 Å². The van der Waals surface area contributed by atoms with Crippen molar-refractivity contribution in [3.63, 3.8) is 0 Å². The minimum absolute atomic E-state index is 0.323. The number of carbonyl (C=O) groups excluding carboxylic acids is 2. The Hall–Kier alpha value is -4.33. The number of hydrogen-bond donors (Lipinski definition) is 1.